The molecule has 0 aliphatic carbocycles. The number of esters is 1. The predicted molar refractivity (Wildman–Crippen MR) is 82.6 cm³/mol. The zero-order chi connectivity index (χ0) is 15.7. The summed E-state index contributed by atoms with van der Waals surface area (Å²) in [7, 11) is 0. The molecule has 3 nitrogen and oxygen atoms in total. The molecule has 1 rings (SSSR count). The van der Waals surface area contributed by atoms with Crippen molar-refractivity contribution >= 4 is 11.7 Å². The Morgan fingerprint density at radius 1 is 1.05 bits per heavy atom. The van der Waals surface area contributed by atoms with E-state index in [9.17, 15) is 4.79 Å². The highest BCUT2D eigenvalue weighted by molar-refractivity contribution is 5.91. The summed E-state index contributed by atoms with van der Waals surface area (Å²) in [6.45, 7) is 14.5. The SMILES string of the molecule is CCOC(=O)c1cc(C(C)(C)C)c([NH])c(C(C)(C)C)c1. The Morgan fingerprint density at radius 3 is 1.75 bits per heavy atom. The van der Waals surface area contributed by atoms with Crippen LogP contribution in [0.4, 0.5) is 5.69 Å². The number of hydrogen-bond acceptors (Lipinski definition) is 2. The molecule has 1 N–H and O–H groups in total. The summed E-state index contributed by atoms with van der Waals surface area (Å²) in [5.41, 5.74) is 10.9. The van der Waals surface area contributed by atoms with Gasteiger partial charge in [0.25, 0.3) is 0 Å². The molecule has 0 saturated heterocycles. The van der Waals surface area contributed by atoms with E-state index in [0.29, 0.717) is 17.9 Å². The van der Waals surface area contributed by atoms with Gasteiger partial charge in [-0.3, -0.25) is 0 Å². The molecule has 0 aliphatic rings. The lowest BCUT2D eigenvalue weighted by Gasteiger charge is -2.28. The van der Waals surface area contributed by atoms with Crippen LogP contribution in [0.1, 0.15) is 70.0 Å². The molecule has 0 unspecified atom stereocenters. The summed E-state index contributed by atoms with van der Waals surface area (Å²) in [6, 6.07) is 3.60. The fourth-order valence-corrected chi connectivity index (χ4v) is 2.16. The van der Waals surface area contributed by atoms with Gasteiger partial charge in [0.1, 0.15) is 0 Å². The number of hydrogen-bond donors (Lipinski definition) is 0. The summed E-state index contributed by atoms with van der Waals surface area (Å²) in [5, 5.41) is 0. The van der Waals surface area contributed by atoms with Gasteiger partial charge in [0.05, 0.1) is 17.9 Å². The summed E-state index contributed by atoms with van der Waals surface area (Å²) in [5.74, 6) is -0.316. The Balaban J connectivity index is 3.55. The largest absolute Gasteiger partial charge is 0.462 e. The van der Waals surface area contributed by atoms with E-state index in [1.165, 1.54) is 0 Å². The van der Waals surface area contributed by atoms with Gasteiger partial charge in [0.2, 0.25) is 0 Å². The minimum Gasteiger partial charge on any atom is -0.462 e. The van der Waals surface area contributed by atoms with E-state index in [4.69, 9.17) is 10.5 Å². The summed E-state index contributed by atoms with van der Waals surface area (Å²) in [6.07, 6.45) is 0. The first-order chi connectivity index (χ1) is 8.98. The smallest absolute Gasteiger partial charge is 0.338 e. The fraction of sp³-hybridized carbons (Fsp3) is 0.588. The van der Waals surface area contributed by atoms with Gasteiger partial charge >= 0.3 is 5.97 Å². The van der Waals surface area contributed by atoms with Crippen molar-refractivity contribution in [3.63, 3.8) is 0 Å². The number of carbonyl (C=O) groups is 1. The number of benzene rings is 1. The molecule has 0 amide bonds. The predicted octanol–water partition coefficient (Wildman–Crippen LogP) is 4.37. The number of carbonyl (C=O) groups excluding carboxylic acids is 1. The third kappa shape index (κ3) is 3.53. The highest BCUT2D eigenvalue weighted by atomic mass is 16.5. The summed E-state index contributed by atoms with van der Waals surface area (Å²) < 4.78 is 5.10. The molecule has 0 fully saturated rings. The zero-order valence-corrected chi connectivity index (χ0v) is 13.7. The van der Waals surface area contributed by atoms with Gasteiger partial charge in [0, 0.05) is 0 Å². The van der Waals surface area contributed by atoms with Gasteiger partial charge < -0.3 is 10.5 Å². The Hall–Kier alpha value is -1.51. The van der Waals surface area contributed by atoms with E-state index in [1.807, 2.05) is 0 Å². The molecule has 0 spiro atoms. The van der Waals surface area contributed by atoms with Crippen LogP contribution >= 0.6 is 0 Å². The molecule has 0 aliphatic heterocycles. The highest BCUT2D eigenvalue weighted by Gasteiger charge is 2.27. The van der Waals surface area contributed by atoms with Crippen LogP contribution < -0.4 is 5.73 Å². The maximum Gasteiger partial charge on any atom is 0.338 e. The lowest BCUT2D eigenvalue weighted by Crippen LogP contribution is -2.20. The van der Waals surface area contributed by atoms with Gasteiger partial charge in [0.15, 0.2) is 0 Å². The Morgan fingerprint density at radius 2 is 1.45 bits per heavy atom. The van der Waals surface area contributed by atoms with Crippen LogP contribution in [0.3, 0.4) is 0 Å². The van der Waals surface area contributed by atoms with E-state index in [0.717, 1.165) is 11.1 Å². The number of ether oxygens (including phenoxy) is 1. The second-order valence-corrected chi connectivity index (χ2v) is 7.17. The molecule has 0 heterocycles. The van der Waals surface area contributed by atoms with Crippen molar-refractivity contribution in [2.45, 2.75) is 59.3 Å². The molecular weight excluding hydrogens is 250 g/mol. The van der Waals surface area contributed by atoms with E-state index in [2.05, 4.69) is 41.5 Å². The Labute approximate surface area is 122 Å². The summed E-state index contributed by atoms with van der Waals surface area (Å²) >= 11 is 0. The monoisotopic (exact) mass is 276 g/mol. The van der Waals surface area contributed by atoms with Crippen LogP contribution in [0, 0.1) is 0 Å². The molecule has 0 aromatic heterocycles. The van der Waals surface area contributed by atoms with Crippen LogP contribution in [0.15, 0.2) is 12.1 Å². The van der Waals surface area contributed by atoms with Crippen molar-refractivity contribution in [1.29, 1.82) is 0 Å². The quantitative estimate of drug-likeness (QED) is 0.753. The van der Waals surface area contributed by atoms with E-state index >= 15 is 0 Å². The highest BCUT2D eigenvalue weighted by Crippen LogP contribution is 2.38. The maximum atomic E-state index is 12.0. The molecular formula is C17H26NO2. The van der Waals surface area contributed by atoms with Gasteiger partial charge in [-0.1, -0.05) is 41.5 Å². The first-order valence-electron chi connectivity index (χ1n) is 7.06. The number of nitrogens with one attached hydrogen (secondary N) is 1. The van der Waals surface area contributed by atoms with Crippen LogP contribution in [-0.4, -0.2) is 12.6 Å². The first kappa shape index (κ1) is 16.5. The van der Waals surface area contributed by atoms with E-state index in [1.54, 1.807) is 19.1 Å². The van der Waals surface area contributed by atoms with Crippen molar-refractivity contribution in [2.75, 3.05) is 6.61 Å². The van der Waals surface area contributed by atoms with Crippen molar-refractivity contribution in [2.24, 2.45) is 0 Å². The van der Waals surface area contributed by atoms with Crippen molar-refractivity contribution in [3.05, 3.63) is 28.8 Å². The molecule has 0 saturated carbocycles. The van der Waals surface area contributed by atoms with Crippen LogP contribution in [0.5, 0.6) is 0 Å². The van der Waals surface area contributed by atoms with Crippen LogP contribution in [-0.2, 0) is 15.6 Å². The number of rotatable bonds is 2. The molecule has 1 aromatic carbocycles. The normalized spacial score (nSPS) is 12.3. The molecule has 3 heteroatoms. The van der Waals surface area contributed by atoms with Crippen molar-refractivity contribution in [1.82, 2.24) is 5.73 Å². The Bertz CT molecular complexity index is 470. The fourth-order valence-electron chi connectivity index (χ4n) is 2.16. The topological polar surface area (TPSA) is 50.1 Å². The first-order valence-corrected chi connectivity index (χ1v) is 7.06. The molecule has 1 aromatic rings. The van der Waals surface area contributed by atoms with Gasteiger partial charge in [-0.2, -0.15) is 0 Å². The summed E-state index contributed by atoms with van der Waals surface area (Å²) in [4.78, 5) is 12.0. The molecule has 111 valence electrons. The van der Waals surface area contributed by atoms with Crippen LogP contribution in [0.2, 0.25) is 0 Å². The van der Waals surface area contributed by atoms with E-state index in [-0.39, 0.29) is 16.8 Å². The minimum absolute atomic E-state index is 0.181. The molecule has 1 radical (unpaired) electrons. The molecule has 0 atom stereocenters. The molecule has 20 heavy (non-hydrogen) atoms. The van der Waals surface area contributed by atoms with Gasteiger partial charge in [-0.05, 0) is 41.0 Å². The molecule has 0 bridgehead atoms. The standard InChI is InChI=1S/C17H26NO2/c1-8-20-15(19)11-9-12(16(2,3)4)14(18)13(10-11)17(5,6)7/h9-10,18H,8H2,1-7H3. The second-order valence-electron chi connectivity index (χ2n) is 7.17. The Kier molecular flexibility index (Phi) is 4.52. The second kappa shape index (κ2) is 5.47. The van der Waals surface area contributed by atoms with E-state index < -0.39 is 0 Å². The third-order valence-electron chi connectivity index (χ3n) is 3.27. The minimum atomic E-state index is -0.316. The third-order valence-corrected chi connectivity index (χ3v) is 3.27. The zero-order valence-electron chi connectivity index (χ0n) is 13.7. The van der Waals surface area contributed by atoms with Gasteiger partial charge in [-0.25, -0.2) is 4.79 Å². The maximum absolute atomic E-state index is 12.0. The lowest BCUT2D eigenvalue weighted by atomic mass is 9.78. The van der Waals surface area contributed by atoms with Crippen molar-refractivity contribution in [3.8, 4) is 0 Å². The van der Waals surface area contributed by atoms with Crippen LogP contribution in [0.25, 0.3) is 0 Å². The average molecular weight is 276 g/mol. The van der Waals surface area contributed by atoms with Crippen molar-refractivity contribution < 1.29 is 9.53 Å². The lowest BCUT2D eigenvalue weighted by molar-refractivity contribution is 0.0526. The average Bonchev–Trinajstić information content (AvgIpc) is 2.26. The van der Waals surface area contributed by atoms with Gasteiger partial charge in [-0.15, -0.1) is 0 Å².